The molecule has 0 spiro atoms. The Morgan fingerprint density at radius 3 is 2.02 bits per heavy atom. The maximum atomic E-state index is 13.4. The third-order valence-electron chi connectivity index (χ3n) is 7.38. The van der Waals surface area contributed by atoms with Crippen LogP contribution >= 0.6 is 0 Å². The molecule has 0 aliphatic heterocycles. The SMILES string of the molecule is Cc1ccc(S(=O)(=O)N(CC(C)C)[C@@H](CCCCNC(=O)CC2c3ccccc3-c3ccccc32)C(=O)O)cc1. The zero-order valence-electron chi connectivity index (χ0n) is 23.3. The number of carboxylic acids is 1. The van der Waals surface area contributed by atoms with Gasteiger partial charge in [-0.2, -0.15) is 4.31 Å². The number of carboxylic acid groups (broad SMARTS) is 1. The lowest BCUT2D eigenvalue weighted by molar-refractivity contribution is -0.142. The molecule has 2 N–H and O–H groups in total. The minimum absolute atomic E-state index is 0.000336. The Morgan fingerprint density at radius 2 is 1.48 bits per heavy atom. The quantitative estimate of drug-likeness (QED) is 0.265. The van der Waals surface area contributed by atoms with Crippen molar-refractivity contribution in [2.75, 3.05) is 13.1 Å². The van der Waals surface area contributed by atoms with Gasteiger partial charge >= 0.3 is 5.97 Å². The smallest absolute Gasteiger partial charge is 0.322 e. The van der Waals surface area contributed by atoms with E-state index in [-0.39, 0.29) is 35.6 Å². The first-order valence-corrected chi connectivity index (χ1v) is 15.3. The van der Waals surface area contributed by atoms with Gasteiger partial charge in [-0.1, -0.05) is 80.1 Å². The number of fused-ring (bicyclic) bond motifs is 3. The summed E-state index contributed by atoms with van der Waals surface area (Å²) in [6.07, 6.45) is 1.51. The molecular formula is C32H38N2O5S. The van der Waals surface area contributed by atoms with Crippen LogP contribution in [0.15, 0.2) is 77.7 Å². The largest absolute Gasteiger partial charge is 0.480 e. The summed E-state index contributed by atoms with van der Waals surface area (Å²) in [5.41, 5.74) is 5.57. The van der Waals surface area contributed by atoms with Crippen LogP contribution in [0.25, 0.3) is 11.1 Å². The summed E-state index contributed by atoms with van der Waals surface area (Å²) in [5, 5.41) is 13.0. The second kappa shape index (κ2) is 12.8. The van der Waals surface area contributed by atoms with Crippen molar-refractivity contribution in [3.05, 3.63) is 89.5 Å². The van der Waals surface area contributed by atoms with Crippen molar-refractivity contribution >= 4 is 21.9 Å². The van der Waals surface area contributed by atoms with Crippen LogP contribution < -0.4 is 5.32 Å². The van der Waals surface area contributed by atoms with E-state index in [0.29, 0.717) is 25.8 Å². The lowest BCUT2D eigenvalue weighted by Crippen LogP contribution is -2.46. The number of hydrogen-bond donors (Lipinski definition) is 2. The number of aryl methyl sites for hydroxylation is 1. The predicted molar refractivity (Wildman–Crippen MR) is 157 cm³/mol. The van der Waals surface area contributed by atoms with Crippen LogP contribution in [-0.4, -0.2) is 48.8 Å². The van der Waals surface area contributed by atoms with Crippen molar-refractivity contribution in [2.45, 2.75) is 63.3 Å². The monoisotopic (exact) mass is 562 g/mol. The fourth-order valence-corrected chi connectivity index (χ4v) is 7.19. The van der Waals surface area contributed by atoms with E-state index in [1.807, 2.05) is 45.0 Å². The Balaban J connectivity index is 1.35. The Kier molecular flexibility index (Phi) is 9.43. The number of rotatable bonds is 13. The summed E-state index contributed by atoms with van der Waals surface area (Å²) in [5.74, 6) is -1.28. The molecule has 0 radical (unpaired) electrons. The normalized spacial score (nSPS) is 13.7. The molecule has 1 amide bonds. The van der Waals surface area contributed by atoms with Gasteiger partial charge in [0.1, 0.15) is 6.04 Å². The minimum atomic E-state index is -3.99. The molecule has 0 aromatic heterocycles. The van der Waals surface area contributed by atoms with Gasteiger partial charge in [0.15, 0.2) is 0 Å². The lowest BCUT2D eigenvalue weighted by atomic mass is 9.93. The summed E-state index contributed by atoms with van der Waals surface area (Å²) in [6.45, 7) is 6.11. The van der Waals surface area contributed by atoms with Crippen molar-refractivity contribution in [2.24, 2.45) is 5.92 Å². The number of nitrogens with one attached hydrogen (secondary N) is 1. The first-order valence-electron chi connectivity index (χ1n) is 13.9. The standard InChI is InChI=1S/C32H38N2O5S/c1-22(2)21-34(40(38,39)24-17-15-23(3)16-18-24)30(32(36)37)14-8-9-19-33-31(35)20-29-27-12-6-4-10-25(27)26-11-5-7-13-28(26)29/h4-7,10-13,15-18,22,29-30H,8-9,14,19-21H2,1-3H3,(H,33,35)(H,36,37)/t30-/m0/s1. The Bertz CT molecular complexity index is 1400. The second-order valence-electron chi connectivity index (χ2n) is 10.9. The third kappa shape index (κ3) is 6.62. The Morgan fingerprint density at radius 1 is 0.900 bits per heavy atom. The van der Waals surface area contributed by atoms with E-state index in [4.69, 9.17) is 0 Å². The van der Waals surface area contributed by atoms with Crippen LogP contribution in [0.3, 0.4) is 0 Å². The van der Waals surface area contributed by atoms with Crippen LogP contribution in [0.2, 0.25) is 0 Å². The molecule has 1 atom stereocenters. The molecule has 0 saturated carbocycles. The average Bonchev–Trinajstić information content (AvgIpc) is 3.23. The van der Waals surface area contributed by atoms with Crippen LogP contribution in [0, 0.1) is 12.8 Å². The number of benzene rings is 3. The van der Waals surface area contributed by atoms with E-state index in [9.17, 15) is 23.1 Å². The highest BCUT2D eigenvalue weighted by molar-refractivity contribution is 7.89. The number of amides is 1. The molecule has 7 nitrogen and oxygen atoms in total. The van der Waals surface area contributed by atoms with E-state index < -0.39 is 22.0 Å². The van der Waals surface area contributed by atoms with Crippen LogP contribution in [0.5, 0.6) is 0 Å². The number of sulfonamides is 1. The van der Waals surface area contributed by atoms with Gasteiger partial charge in [-0.05, 0) is 66.5 Å². The molecule has 1 aliphatic rings. The van der Waals surface area contributed by atoms with Crippen molar-refractivity contribution < 1.29 is 23.1 Å². The molecule has 0 fully saturated rings. The maximum Gasteiger partial charge on any atom is 0.322 e. The van der Waals surface area contributed by atoms with E-state index in [2.05, 4.69) is 29.6 Å². The van der Waals surface area contributed by atoms with Gasteiger partial charge in [0.2, 0.25) is 15.9 Å². The van der Waals surface area contributed by atoms with Gasteiger partial charge in [0, 0.05) is 25.4 Å². The van der Waals surface area contributed by atoms with Crippen LogP contribution in [0.4, 0.5) is 0 Å². The molecule has 212 valence electrons. The molecule has 0 unspecified atom stereocenters. The minimum Gasteiger partial charge on any atom is -0.480 e. The van der Waals surface area contributed by atoms with Gasteiger partial charge in [-0.3, -0.25) is 9.59 Å². The summed E-state index contributed by atoms with van der Waals surface area (Å²) in [7, 11) is -3.99. The van der Waals surface area contributed by atoms with Crippen molar-refractivity contribution in [3.63, 3.8) is 0 Å². The van der Waals surface area contributed by atoms with Crippen molar-refractivity contribution in [3.8, 4) is 11.1 Å². The Labute approximate surface area is 237 Å². The molecule has 3 aromatic rings. The van der Waals surface area contributed by atoms with Gasteiger partial charge in [0.25, 0.3) is 0 Å². The highest BCUT2D eigenvalue weighted by atomic mass is 32.2. The zero-order valence-corrected chi connectivity index (χ0v) is 24.2. The first kappa shape index (κ1) is 29.5. The second-order valence-corrected chi connectivity index (χ2v) is 12.8. The highest BCUT2D eigenvalue weighted by Crippen LogP contribution is 2.45. The lowest BCUT2D eigenvalue weighted by Gasteiger charge is -2.29. The maximum absolute atomic E-state index is 13.4. The number of carbonyl (C=O) groups excluding carboxylic acids is 1. The highest BCUT2D eigenvalue weighted by Gasteiger charge is 2.36. The molecule has 4 rings (SSSR count). The number of unbranched alkanes of at least 4 members (excludes halogenated alkanes) is 1. The van der Waals surface area contributed by atoms with Gasteiger partial charge < -0.3 is 10.4 Å². The molecular weight excluding hydrogens is 524 g/mol. The van der Waals surface area contributed by atoms with Crippen molar-refractivity contribution in [1.82, 2.24) is 9.62 Å². The summed E-state index contributed by atoms with van der Waals surface area (Å²) >= 11 is 0. The van der Waals surface area contributed by atoms with E-state index >= 15 is 0 Å². The molecule has 8 heteroatoms. The molecule has 0 heterocycles. The zero-order chi connectivity index (χ0) is 28.9. The fraction of sp³-hybridized carbons (Fsp3) is 0.375. The molecule has 40 heavy (non-hydrogen) atoms. The third-order valence-corrected chi connectivity index (χ3v) is 9.27. The number of carbonyl (C=O) groups is 2. The molecule has 1 aliphatic carbocycles. The number of aliphatic carboxylic acids is 1. The number of hydrogen-bond acceptors (Lipinski definition) is 4. The van der Waals surface area contributed by atoms with Gasteiger partial charge in [-0.25, -0.2) is 8.42 Å². The van der Waals surface area contributed by atoms with Crippen molar-refractivity contribution in [1.29, 1.82) is 0 Å². The average molecular weight is 563 g/mol. The summed E-state index contributed by atoms with van der Waals surface area (Å²) in [6, 6.07) is 21.6. The van der Waals surface area contributed by atoms with Crippen LogP contribution in [0.1, 0.15) is 62.1 Å². The predicted octanol–water partition coefficient (Wildman–Crippen LogP) is 5.58. The topological polar surface area (TPSA) is 104 Å². The van der Waals surface area contributed by atoms with Gasteiger partial charge in [-0.15, -0.1) is 0 Å². The first-order chi connectivity index (χ1) is 19.1. The van der Waals surface area contributed by atoms with E-state index in [1.165, 1.54) is 23.3 Å². The van der Waals surface area contributed by atoms with E-state index in [0.717, 1.165) is 21.0 Å². The summed E-state index contributed by atoms with van der Waals surface area (Å²) in [4.78, 5) is 25.2. The van der Waals surface area contributed by atoms with Gasteiger partial charge in [0.05, 0.1) is 4.90 Å². The summed E-state index contributed by atoms with van der Waals surface area (Å²) < 4.78 is 28.0. The van der Waals surface area contributed by atoms with Crippen LogP contribution in [-0.2, 0) is 19.6 Å². The Hall–Kier alpha value is -3.49. The number of nitrogens with zero attached hydrogens (tertiary/aromatic N) is 1. The fourth-order valence-electron chi connectivity index (χ4n) is 5.42. The molecule has 0 bridgehead atoms. The molecule has 0 saturated heterocycles. The van der Waals surface area contributed by atoms with E-state index in [1.54, 1.807) is 12.1 Å². The molecule has 3 aromatic carbocycles.